The topological polar surface area (TPSA) is 70.6 Å². The van der Waals surface area contributed by atoms with Crippen molar-refractivity contribution >= 4 is 32.7 Å². The van der Waals surface area contributed by atoms with E-state index in [1.54, 1.807) is 37.2 Å². The number of amides is 1. The highest BCUT2D eigenvalue weighted by Crippen LogP contribution is 2.37. The summed E-state index contributed by atoms with van der Waals surface area (Å²) in [6.07, 6.45) is 1.33. The van der Waals surface area contributed by atoms with Gasteiger partial charge in [0.05, 0.1) is 5.75 Å². The molecule has 0 atom stereocenters. The van der Waals surface area contributed by atoms with Crippen LogP contribution >= 0.6 is 11.3 Å². The normalized spacial score (nSPS) is 15.0. The molecule has 0 fully saturated rings. The first-order valence-electron chi connectivity index (χ1n) is 8.06. The van der Waals surface area contributed by atoms with Crippen molar-refractivity contribution < 1.29 is 26.4 Å². The number of nitrogens with zero attached hydrogens (tertiary/aromatic N) is 3. The Morgan fingerprint density at radius 3 is 2.59 bits per heavy atom. The van der Waals surface area contributed by atoms with E-state index in [9.17, 15) is 26.4 Å². The first-order chi connectivity index (χ1) is 12.4. The number of aromatic nitrogens is 1. The number of carbonyl (C=O) groups excluding carboxylic acids is 1. The van der Waals surface area contributed by atoms with Crippen LogP contribution < -0.4 is 0 Å². The summed E-state index contributed by atoms with van der Waals surface area (Å²) in [6, 6.07) is 0. The molecule has 0 saturated heterocycles. The van der Waals surface area contributed by atoms with E-state index in [0.29, 0.717) is 23.5 Å². The minimum absolute atomic E-state index is 0.0875. The zero-order valence-electron chi connectivity index (χ0n) is 15.1. The monoisotopic (exact) mass is 423 g/mol. The Morgan fingerprint density at radius 1 is 1.41 bits per heavy atom. The Bertz CT molecular complexity index is 873. The molecule has 1 aliphatic heterocycles. The lowest BCUT2D eigenvalue weighted by atomic mass is 10.2. The predicted molar refractivity (Wildman–Crippen MR) is 98.2 cm³/mol. The van der Waals surface area contributed by atoms with Crippen molar-refractivity contribution in [3.05, 3.63) is 33.9 Å². The first kappa shape index (κ1) is 21.4. The molecule has 6 nitrogen and oxygen atoms in total. The van der Waals surface area contributed by atoms with E-state index in [2.05, 4.69) is 4.98 Å². The molecular formula is C16H20F3N3O3S2. The summed E-state index contributed by atoms with van der Waals surface area (Å²) in [5, 5.41) is 0.0904. The van der Waals surface area contributed by atoms with Gasteiger partial charge in [0.2, 0.25) is 0 Å². The van der Waals surface area contributed by atoms with Crippen LogP contribution in [0.2, 0.25) is 0 Å². The minimum Gasteiger partial charge on any atom is -0.376 e. The van der Waals surface area contributed by atoms with E-state index >= 15 is 0 Å². The molecule has 0 N–H and O–H groups in total. The highest BCUT2D eigenvalue weighted by molar-refractivity contribution is 7.90. The summed E-state index contributed by atoms with van der Waals surface area (Å²) in [7, 11) is -1.58. The second-order valence-electron chi connectivity index (χ2n) is 6.14. The number of hydrogen-bond donors (Lipinski definition) is 0. The van der Waals surface area contributed by atoms with Gasteiger partial charge in [-0.3, -0.25) is 4.79 Å². The third-order valence-corrected chi connectivity index (χ3v) is 5.80. The van der Waals surface area contributed by atoms with Crippen LogP contribution in [0.1, 0.15) is 27.3 Å². The van der Waals surface area contributed by atoms with Crippen molar-refractivity contribution in [3.63, 3.8) is 0 Å². The zero-order valence-corrected chi connectivity index (χ0v) is 16.7. The molecule has 1 amide bonds. The number of allylic oxidation sites excluding steroid dienone is 2. The highest BCUT2D eigenvalue weighted by Gasteiger charge is 2.40. The number of sulfone groups is 1. The molecule has 0 aromatic carbocycles. The molecule has 1 aliphatic rings. The molecule has 0 radical (unpaired) electrons. The van der Waals surface area contributed by atoms with Gasteiger partial charge < -0.3 is 9.80 Å². The summed E-state index contributed by atoms with van der Waals surface area (Å²) >= 11 is 0.662. The van der Waals surface area contributed by atoms with Crippen molar-refractivity contribution in [3.8, 4) is 0 Å². The highest BCUT2D eigenvalue weighted by atomic mass is 32.2. The smallest absolute Gasteiger partial charge is 0.376 e. The molecule has 2 heterocycles. The Kier molecular flexibility index (Phi) is 6.35. The van der Waals surface area contributed by atoms with Gasteiger partial charge in [-0.25, -0.2) is 13.4 Å². The molecule has 0 spiro atoms. The van der Waals surface area contributed by atoms with Crippen LogP contribution in [0.25, 0.3) is 5.57 Å². The molecule has 0 saturated carbocycles. The third-order valence-electron chi connectivity index (χ3n) is 3.79. The largest absolute Gasteiger partial charge is 0.435 e. The van der Waals surface area contributed by atoms with Crippen molar-refractivity contribution in [1.29, 1.82) is 0 Å². The van der Waals surface area contributed by atoms with Crippen molar-refractivity contribution in [2.24, 2.45) is 0 Å². The maximum absolute atomic E-state index is 13.4. The van der Waals surface area contributed by atoms with Gasteiger partial charge in [0.25, 0.3) is 5.91 Å². The summed E-state index contributed by atoms with van der Waals surface area (Å²) in [4.78, 5) is 18.7. The van der Waals surface area contributed by atoms with Crippen molar-refractivity contribution in [2.75, 3.05) is 38.7 Å². The number of hydrogen-bond acceptors (Lipinski definition) is 6. The predicted octanol–water partition coefficient (Wildman–Crippen LogP) is 2.51. The van der Waals surface area contributed by atoms with Gasteiger partial charge in [-0.15, -0.1) is 11.3 Å². The SMILES string of the molecule is CCN(CCS(C)(=O)=O)C(=O)c1sc(C2=CN(C)CC=C2)nc1C(F)(F)F. The van der Waals surface area contributed by atoms with Crippen LogP contribution in [0.5, 0.6) is 0 Å². The second-order valence-corrected chi connectivity index (χ2v) is 9.39. The Morgan fingerprint density at radius 2 is 2.07 bits per heavy atom. The fourth-order valence-corrected chi connectivity index (χ4v) is 4.00. The molecule has 0 bridgehead atoms. The molecule has 0 aliphatic carbocycles. The van der Waals surface area contributed by atoms with Crippen LogP contribution in [-0.4, -0.2) is 67.8 Å². The summed E-state index contributed by atoms with van der Waals surface area (Å²) in [5.41, 5.74) is -0.759. The van der Waals surface area contributed by atoms with E-state index in [-0.39, 0.29) is 23.8 Å². The van der Waals surface area contributed by atoms with E-state index in [0.717, 1.165) is 11.2 Å². The van der Waals surface area contributed by atoms with Crippen molar-refractivity contribution in [1.82, 2.24) is 14.8 Å². The number of likely N-dealkylation sites (N-methyl/N-ethyl adjacent to an activating group) is 1. The maximum atomic E-state index is 13.4. The number of alkyl halides is 3. The molecular weight excluding hydrogens is 403 g/mol. The van der Waals surface area contributed by atoms with Crippen LogP contribution in [0.15, 0.2) is 18.4 Å². The summed E-state index contributed by atoms with van der Waals surface area (Å²) in [6.45, 7) is 2.12. The van der Waals surface area contributed by atoms with Crippen molar-refractivity contribution in [2.45, 2.75) is 13.1 Å². The second kappa shape index (κ2) is 8.01. The van der Waals surface area contributed by atoms with Gasteiger partial charge in [-0.2, -0.15) is 13.2 Å². The van der Waals surface area contributed by atoms with Crippen LogP contribution in [0.3, 0.4) is 0 Å². The standard InChI is InChI=1S/C16H20F3N3O3S2/c1-4-22(8-9-27(3,24)25)15(23)12-13(16(17,18)19)20-14(26-12)11-6-5-7-21(2)10-11/h5-6,10H,4,7-9H2,1-3H3. The maximum Gasteiger partial charge on any atom is 0.435 e. The Balaban J connectivity index is 2.41. The van der Waals surface area contributed by atoms with Gasteiger partial charge in [0, 0.05) is 44.7 Å². The van der Waals surface area contributed by atoms with Crippen LogP contribution in [0.4, 0.5) is 13.2 Å². The number of halogens is 3. The average molecular weight is 423 g/mol. The minimum atomic E-state index is -4.79. The summed E-state index contributed by atoms with van der Waals surface area (Å²) in [5.74, 6) is -1.19. The molecule has 2 rings (SSSR count). The van der Waals surface area contributed by atoms with Crippen LogP contribution in [0, 0.1) is 0 Å². The quantitative estimate of drug-likeness (QED) is 0.703. The van der Waals surface area contributed by atoms with Gasteiger partial charge >= 0.3 is 6.18 Å². The number of thiazole rings is 1. The summed E-state index contributed by atoms with van der Waals surface area (Å²) < 4.78 is 63.0. The lowest BCUT2D eigenvalue weighted by molar-refractivity contribution is -0.141. The fourth-order valence-electron chi connectivity index (χ4n) is 2.41. The fraction of sp³-hybridized carbons (Fsp3) is 0.500. The van der Waals surface area contributed by atoms with E-state index in [1.165, 1.54) is 0 Å². The van der Waals surface area contributed by atoms with Gasteiger partial charge in [-0.1, -0.05) is 12.2 Å². The zero-order chi connectivity index (χ0) is 20.4. The number of rotatable bonds is 6. The molecule has 150 valence electrons. The molecule has 27 heavy (non-hydrogen) atoms. The third kappa shape index (κ3) is 5.55. The molecule has 11 heteroatoms. The van der Waals surface area contributed by atoms with Gasteiger partial charge in [-0.05, 0) is 6.92 Å². The molecule has 1 aromatic heterocycles. The Hall–Kier alpha value is -1.88. The van der Waals surface area contributed by atoms with Crippen LogP contribution in [-0.2, 0) is 16.0 Å². The molecule has 1 aromatic rings. The molecule has 0 unspecified atom stereocenters. The Labute approximate surface area is 159 Å². The van der Waals surface area contributed by atoms with E-state index in [4.69, 9.17) is 0 Å². The van der Waals surface area contributed by atoms with Gasteiger partial charge in [0.15, 0.2) is 5.69 Å². The average Bonchev–Trinajstić information content (AvgIpc) is 2.99. The van der Waals surface area contributed by atoms with E-state index in [1.807, 2.05) is 0 Å². The first-order valence-corrected chi connectivity index (χ1v) is 10.9. The lowest BCUT2D eigenvalue weighted by Crippen LogP contribution is -2.35. The number of carbonyl (C=O) groups is 1. The lowest BCUT2D eigenvalue weighted by Gasteiger charge is -2.20. The van der Waals surface area contributed by atoms with Gasteiger partial charge in [0.1, 0.15) is 19.7 Å². The van der Waals surface area contributed by atoms with E-state index < -0.39 is 32.5 Å².